The van der Waals surface area contributed by atoms with Crippen LogP contribution in [0.5, 0.6) is 0 Å². The van der Waals surface area contributed by atoms with E-state index in [0.717, 1.165) is 36.0 Å². The topological polar surface area (TPSA) is 79.3 Å². The van der Waals surface area contributed by atoms with E-state index >= 15 is 0 Å². The molecule has 1 aliphatic carbocycles. The van der Waals surface area contributed by atoms with Gasteiger partial charge in [-0.15, -0.1) is 12.4 Å². The molecule has 1 unspecified atom stereocenters. The van der Waals surface area contributed by atoms with Gasteiger partial charge in [0.2, 0.25) is 0 Å². The van der Waals surface area contributed by atoms with E-state index in [0.29, 0.717) is 23.0 Å². The van der Waals surface area contributed by atoms with Crippen LogP contribution >= 0.6 is 12.4 Å². The van der Waals surface area contributed by atoms with Gasteiger partial charge in [-0.3, -0.25) is 4.79 Å². The summed E-state index contributed by atoms with van der Waals surface area (Å²) in [6.45, 7) is 6.70. The number of rotatable bonds is 6. The van der Waals surface area contributed by atoms with Gasteiger partial charge in [0.25, 0.3) is 5.91 Å². The zero-order chi connectivity index (χ0) is 25.3. The maximum Gasteiger partial charge on any atom is 0.319 e. The van der Waals surface area contributed by atoms with Crippen LogP contribution in [0, 0.1) is 11.2 Å². The molecule has 0 radical (unpaired) electrons. The van der Waals surface area contributed by atoms with Crippen molar-refractivity contribution in [3.63, 3.8) is 0 Å². The Morgan fingerprint density at radius 2 is 1.94 bits per heavy atom. The lowest BCUT2D eigenvalue weighted by Gasteiger charge is -2.20. The summed E-state index contributed by atoms with van der Waals surface area (Å²) in [7, 11) is 3.65. The molecule has 4 rings (SSSR count). The zero-order valence-electron chi connectivity index (χ0n) is 21.5. The summed E-state index contributed by atoms with van der Waals surface area (Å²) < 4.78 is 16.0. The van der Waals surface area contributed by atoms with Crippen molar-refractivity contribution in [2.24, 2.45) is 5.41 Å². The lowest BCUT2D eigenvalue weighted by atomic mass is 9.87. The smallest absolute Gasteiger partial charge is 0.319 e. The number of aromatic nitrogens is 2. The zero-order valence-corrected chi connectivity index (χ0v) is 22.3. The summed E-state index contributed by atoms with van der Waals surface area (Å²) in [6, 6.07) is 8.17. The molecule has 1 aromatic heterocycles. The number of likely N-dealkylation sites (N-methyl/N-ethyl adjacent to an activating group) is 1. The first kappa shape index (κ1) is 27.6. The van der Waals surface area contributed by atoms with E-state index in [-0.39, 0.29) is 48.2 Å². The van der Waals surface area contributed by atoms with Crippen molar-refractivity contribution in [2.45, 2.75) is 52.5 Å². The summed E-state index contributed by atoms with van der Waals surface area (Å²) in [5, 5.41) is 10.9. The summed E-state index contributed by atoms with van der Waals surface area (Å²) in [5.41, 5.74) is 4.14. The van der Waals surface area contributed by atoms with Gasteiger partial charge in [-0.2, -0.15) is 9.78 Å². The van der Waals surface area contributed by atoms with Crippen LogP contribution in [0.25, 0.3) is 10.9 Å². The Morgan fingerprint density at radius 1 is 1.19 bits per heavy atom. The molecule has 36 heavy (non-hydrogen) atoms. The maximum atomic E-state index is 14.6. The number of hydrogen-bond donors (Lipinski definition) is 2. The highest BCUT2D eigenvalue weighted by Gasteiger charge is 2.28. The van der Waals surface area contributed by atoms with Gasteiger partial charge >= 0.3 is 6.03 Å². The van der Waals surface area contributed by atoms with Crippen molar-refractivity contribution < 1.29 is 14.0 Å². The highest BCUT2D eigenvalue weighted by Crippen LogP contribution is 2.36. The first-order valence-corrected chi connectivity index (χ1v) is 12.1. The molecule has 1 atom stereocenters. The van der Waals surface area contributed by atoms with Crippen LogP contribution in [0.2, 0.25) is 0 Å². The minimum absolute atomic E-state index is 0. The molecular formula is C27H35ClFN5O2. The third kappa shape index (κ3) is 6.05. The molecule has 194 valence electrons. The van der Waals surface area contributed by atoms with Gasteiger partial charge in [0.15, 0.2) is 0 Å². The minimum atomic E-state index is -0.344. The molecule has 1 aliphatic rings. The third-order valence-electron chi connectivity index (χ3n) is 6.45. The van der Waals surface area contributed by atoms with Gasteiger partial charge in [-0.05, 0) is 80.1 Å². The quantitative estimate of drug-likeness (QED) is 0.448. The van der Waals surface area contributed by atoms with Crippen LogP contribution in [0.3, 0.4) is 0 Å². The van der Waals surface area contributed by atoms with E-state index < -0.39 is 0 Å². The van der Waals surface area contributed by atoms with E-state index in [9.17, 15) is 14.0 Å². The van der Waals surface area contributed by atoms with Crippen LogP contribution in [0.15, 0.2) is 36.5 Å². The fourth-order valence-electron chi connectivity index (χ4n) is 4.68. The number of urea groups is 1. The van der Waals surface area contributed by atoms with E-state index in [4.69, 9.17) is 0 Å². The van der Waals surface area contributed by atoms with Crippen LogP contribution in [-0.2, 0) is 12.8 Å². The van der Waals surface area contributed by atoms with Crippen LogP contribution in [0.1, 0.15) is 61.1 Å². The van der Waals surface area contributed by atoms with E-state index in [1.807, 2.05) is 14.1 Å². The summed E-state index contributed by atoms with van der Waals surface area (Å²) >= 11 is 0. The van der Waals surface area contributed by atoms with E-state index in [1.54, 1.807) is 35.4 Å². The minimum Gasteiger partial charge on any atom is -0.331 e. The fraction of sp³-hybridized carbons (Fsp3) is 0.444. The van der Waals surface area contributed by atoms with Gasteiger partial charge in [0.1, 0.15) is 5.82 Å². The summed E-state index contributed by atoms with van der Waals surface area (Å²) in [5.74, 6) is -0.311. The third-order valence-corrected chi connectivity index (χ3v) is 6.45. The number of nitrogens with zero attached hydrogens (tertiary/aromatic N) is 3. The lowest BCUT2D eigenvalue weighted by molar-refractivity contribution is 0.0866. The average Bonchev–Trinajstić information content (AvgIpc) is 3.37. The SMILES string of the molecule is CN(C)CC(=O)n1ncc2c(NC(=O)NC3CCc4c3ccc(F)c4CCC(C)(C)C)cccc21.Cl. The Bertz CT molecular complexity index is 1270. The van der Waals surface area contributed by atoms with E-state index in [1.165, 1.54) is 10.7 Å². The highest BCUT2D eigenvalue weighted by molar-refractivity contribution is 6.03. The predicted octanol–water partition coefficient (Wildman–Crippen LogP) is 5.59. The second-order valence-electron chi connectivity index (χ2n) is 10.8. The van der Waals surface area contributed by atoms with Crippen LogP contribution in [0.4, 0.5) is 14.9 Å². The molecule has 2 aromatic carbocycles. The van der Waals surface area contributed by atoms with E-state index in [2.05, 4.69) is 36.5 Å². The number of amides is 2. The second kappa shape index (κ2) is 11.0. The van der Waals surface area contributed by atoms with Crippen LogP contribution < -0.4 is 10.6 Å². The number of benzene rings is 2. The monoisotopic (exact) mass is 515 g/mol. The summed E-state index contributed by atoms with van der Waals surface area (Å²) in [4.78, 5) is 27.2. The molecule has 0 fully saturated rings. The molecule has 0 spiro atoms. The molecule has 9 heteroatoms. The molecule has 3 aromatic rings. The summed E-state index contributed by atoms with van der Waals surface area (Å²) in [6.07, 6.45) is 4.65. The molecule has 0 bridgehead atoms. The van der Waals surface area contributed by atoms with Gasteiger partial charge in [-0.1, -0.05) is 32.9 Å². The van der Waals surface area contributed by atoms with Gasteiger partial charge in [0.05, 0.1) is 30.0 Å². The lowest BCUT2D eigenvalue weighted by Crippen LogP contribution is -2.31. The molecule has 0 saturated carbocycles. The number of hydrogen-bond acceptors (Lipinski definition) is 4. The Labute approximate surface area is 217 Å². The number of carbonyl (C=O) groups is 2. The van der Waals surface area contributed by atoms with Crippen molar-refractivity contribution in [3.05, 3.63) is 59.0 Å². The number of carbonyl (C=O) groups excluding carboxylic acids is 2. The molecule has 1 heterocycles. The highest BCUT2D eigenvalue weighted by atomic mass is 35.5. The molecule has 0 saturated heterocycles. The first-order valence-electron chi connectivity index (χ1n) is 12.1. The standard InChI is InChI=1S/C27H34FN5O2.ClH/c1-27(2,3)14-13-18-17-10-12-23(19(17)9-11-21(18)28)31-26(35)30-22-7-6-8-24-20(22)15-29-33(24)25(34)16-32(4)5;/h6-9,11,15,23H,10,12-14,16H2,1-5H3,(H2,30,31,35);1H. The van der Waals surface area contributed by atoms with Crippen molar-refractivity contribution in [2.75, 3.05) is 26.0 Å². The van der Waals surface area contributed by atoms with Crippen molar-refractivity contribution >= 4 is 40.9 Å². The fourth-order valence-corrected chi connectivity index (χ4v) is 4.68. The predicted molar refractivity (Wildman–Crippen MR) is 144 cm³/mol. The van der Waals surface area contributed by atoms with Gasteiger partial charge in [-0.25, -0.2) is 9.18 Å². The normalized spacial score (nSPS) is 15.0. The van der Waals surface area contributed by atoms with Crippen molar-refractivity contribution in [3.8, 4) is 0 Å². The Balaban J connectivity index is 0.00000361. The average molecular weight is 516 g/mol. The molecule has 0 aliphatic heterocycles. The van der Waals surface area contributed by atoms with Crippen molar-refractivity contribution in [1.82, 2.24) is 20.0 Å². The van der Waals surface area contributed by atoms with Crippen molar-refractivity contribution in [1.29, 1.82) is 0 Å². The molecule has 2 N–H and O–H groups in total. The first-order chi connectivity index (χ1) is 16.5. The largest absolute Gasteiger partial charge is 0.331 e. The Kier molecular flexibility index (Phi) is 8.41. The van der Waals surface area contributed by atoms with Gasteiger partial charge in [0, 0.05) is 5.39 Å². The second-order valence-corrected chi connectivity index (χ2v) is 10.8. The number of fused-ring (bicyclic) bond motifs is 2. The Hall–Kier alpha value is -2.97. The molecule has 2 amide bonds. The van der Waals surface area contributed by atoms with Gasteiger partial charge < -0.3 is 15.5 Å². The Morgan fingerprint density at radius 3 is 2.64 bits per heavy atom. The number of halogens is 2. The number of anilines is 1. The maximum absolute atomic E-state index is 14.6. The molecular weight excluding hydrogens is 481 g/mol. The van der Waals surface area contributed by atoms with Crippen LogP contribution in [-0.4, -0.2) is 47.3 Å². The molecule has 7 nitrogen and oxygen atoms in total. The number of nitrogens with one attached hydrogen (secondary N) is 2.